The number of halogens is 1. The molecule has 1 fully saturated rings. The molecular formula is C14H16BrNO2. The molecule has 1 aromatic rings. The number of imide groups is 1. The van der Waals surface area contributed by atoms with Gasteiger partial charge in [0.2, 0.25) is 11.8 Å². The first-order valence-electron chi connectivity index (χ1n) is 6.12. The van der Waals surface area contributed by atoms with E-state index in [1.807, 2.05) is 32.0 Å². The van der Waals surface area contributed by atoms with E-state index in [1.54, 1.807) is 0 Å². The number of hydrogen-bond acceptors (Lipinski definition) is 2. The van der Waals surface area contributed by atoms with E-state index in [2.05, 4.69) is 21.2 Å². The minimum atomic E-state index is -0.175. The fourth-order valence-electron chi connectivity index (χ4n) is 2.47. The normalized spacial score (nSPS) is 23.9. The molecule has 1 aliphatic heterocycles. The molecule has 2 amide bonds. The Hall–Kier alpha value is -1.16. The third kappa shape index (κ3) is 2.48. The summed E-state index contributed by atoms with van der Waals surface area (Å²) in [7, 11) is 0. The molecule has 4 heteroatoms. The number of nitrogens with one attached hydrogen (secondary N) is 1. The highest BCUT2D eigenvalue weighted by molar-refractivity contribution is 9.10. The summed E-state index contributed by atoms with van der Waals surface area (Å²) in [5.41, 5.74) is 2.21. The zero-order valence-corrected chi connectivity index (χ0v) is 12.1. The van der Waals surface area contributed by atoms with E-state index in [1.165, 1.54) is 0 Å². The van der Waals surface area contributed by atoms with Gasteiger partial charge in [-0.2, -0.15) is 0 Å². The summed E-state index contributed by atoms with van der Waals surface area (Å²) in [6.45, 7) is 4.00. The first-order valence-corrected chi connectivity index (χ1v) is 6.92. The van der Waals surface area contributed by atoms with E-state index in [9.17, 15) is 9.59 Å². The van der Waals surface area contributed by atoms with Gasteiger partial charge < -0.3 is 0 Å². The molecule has 2 unspecified atom stereocenters. The molecule has 0 bridgehead atoms. The third-order valence-electron chi connectivity index (χ3n) is 3.55. The van der Waals surface area contributed by atoms with E-state index in [-0.39, 0.29) is 23.7 Å². The summed E-state index contributed by atoms with van der Waals surface area (Å²) in [5, 5.41) is 2.42. The van der Waals surface area contributed by atoms with E-state index in [4.69, 9.17) is 0 Å². The van der Waals surface area contributed by atoms with Crippen LogP contribution in [0.2, 0.25) is 0 Å². The average molecular weight is 310 g/mol. The molecule has 3 nitrogen and oxygen atoms in total. The lowest BCUT2D eigenvalue weighted by molar-refractivity contribution is -0.137. The van der Waals surface area contributed by atoms with Gasteiger partial charge in [0.25, 0.3) is 0 Å². The molecule has 18 heavy (non-hydrogen) atoms. The van der Waals surface area contributed by atoms with Crippen LogP contribution in [0, 0.1) is 12.8 Å². The van der Waals surface area contributed by atoms with Gasteiger partial charge >= 0.3 is 0 Å². The number of hydrogen-bond donors (Lipinski definition) is 1. The number of amides is 2. The minimum absolute atomic E-state index is 0.00634. The van der Waals surface area contributed by atoms with Gasteiger partial charge in [-0.3, -0.25) is 14.9 Å². The fraction of sp³-hybridized carbons (Fsp3) is 0.429. The molecule has 1 N–H and O–H groups in total. The summed E-state index contributed by atoms with van der Waals surface area (Å²) in [6.07, 6.45) is 1.13. The topological polar surface area (TPSA) is 46.2 Å². The Morgan fingerprint density at radius 3 is 2.72 bits per heavy atom. The smallest absolute Gasteiger partial charge is 0.230 e. The molecule has 0 aliphatic carbocycles. The van der Waals surface area contributed by atoms with Crippen LogP contribution in [-0.2, 0) is 9.59 Å². The molecule has 96 valence electrons. The van der Waals surface area contributed by atoms with Crippen molar-refractivity contribution in [3.8, 4) is 0 Å². The number of rotatable bonds is 2. The first-order chi connectivity index (χ1) is 8.52. The molecule has 1 saturated heterocycles. The van der Waals surface area contributed by atoms with E-state index in [0.717, 1.165) is 22.0 Å². The summed E-state index contributed by atoms with van der Waals surface area (Å²) in [5.74, 6) is -0.438. The Morgan fingerprint density at radius 2 is 2.11 bits per heavy atom. The summed E-state index contributed by atoms with van der Waals surface area (Å²) in [6, 6.07) is 6.05. The van der Waals surface area contributed by atoms with Crippen LogP contribution in [0.5, 0.6) is 0 Å². The second-order valence-corrected chi connectivity index (χ2v) is 5.60. The number of benzene rings is 1. The predicted molar refractivity (Wildman–Crippen MR) is 73.2 cm³/mol. The van der Waals surface area contributed by atoms with E-state index >= 15 is 0 Å². The highest BCUT2D eigenvalue weighted by Gasteiger charge is 2.35. The maximum atomic E-state index is 11.8. The lowest BCUT2D eigenvalue weighted by atomic mass is 9.79. The van der Waals surface area contributed by atoms with Crippen LogP contribution in [0.1, 0.15) is 36.8 Å². The maximum Gasteiger partial charge on any atom is 0.230 e. The van der Waals surface area contributed by atoms with Crippen molar-refractivity contribution in [1.82, 2.24) is 5.32 Å². The van der Waals surface area contributed by atoms with Crippen molar-refractivity contribution in [3.63, 3.8) is 0 Å². The largest absolute Gasteiger partial charge is 0.296 e. The van der Waals surface area contributed by atoms with Gasteiger partial charge in [-0.15, -0.1) is 0 Å². The van der Waals surface area contributed by atoms with Gasteiger partial charge in [-0.1, -0.05) is 35.0 Å². The van der Waals surface area contributed by atoms with E-state index in [0.29, 0.717) is 6.42 Å². The standard InChI is InChI=1S/C14H16BrNO2/c1-3-10-11(7-13(17)16-14(10)18)9-5-4-8(2)12(15)6-9/h4-6,10-11H,3,7H2,1-2H3,(H,16,17,18). The minimum Gasteiger partial charge on any atom is -0.296 e. The quantitative estimate of drug-likeness (QED) is 0.854. The third-order valence-corrected chi connectivity index (χ3v) is 4.41. The van der Waals surface area contributed by atoms with Crippen molar-refractivity contribution < 1.29 is 9.59 Å². The highest BCUT2D eigenvalue weighted by atomic mass is 79.9. The first kappa shape index (κ1) is 13.3. The molecule has 2 rings (SSSR count). The Morgan fingerprint density at radius 1 is 1.39 bits per heavy atom. The van der Waals surface area contributed by atoms with Gasteiger partial charge in [0.15, 0.2) is 0 Å². The van der Waals surface area contributed by atoms with Crippen LogP contribution in [0.25, 0.3) is 0 Å². The zero-order chi connectivity index (χ0) is 13.3. The zero-order valence-electron chi connectivity index (χ0n) is 10.5. The molecule has 0 radical (unpaired) electrons. The van der Waals surface area contributed by atoms with Gasteiger partial charge in [0, 0.05) is 22.7 Å². The Labute approximate surface area is 115 Å². The average Bonchev–Trinajstić information content (AvgIpc) is 2.32. The van der Waals surface area contributed by atoms with E-state index < -0.39 is 0 Å². The second kappa shape index (κ2) is 5.22. The number of piperidine rings is 1. The molecule has 1 aromatic carbocycles. The molecule has 0 saturated carbocycles. The predicted octanol–water partition coefficient (Wildman–Crippen LogP) is 2.91. The SMILES string of the molecule is CCC1C(=O)NC(=O)CC1c1ccc(C)c(Br)c1. The van der Waals surface area contributed by atoms with Gasteiger partial charge in [-0.25, -0.2) is 0 Å². The van der Waals surface area contributed by atoms with Gasteiger partial charge in [0.1, 0.15) is 0 Å². The monoisotopic (exact) mass is 309 g/mol. The van der Waals surface area contributed by atoms with Crippen LogP contribution >= 0.6 is 15.9 Å². The number of aryl methyl sites for hydroxylation is 1. The number of carbonyl (C=O) groups is 2. The Kier molecular flexibility index (Phi) is 3.85. The molecule has 0 aromatic heterocycles. The Bertz CT molecular complexity index is 499. The van der Waals surface area contributed by atoms with Crippen molar-refractivity contribution in [2.75, 3.05) is 0 Å². The second-order valence-electron chi connectivity index (χ2n) is 4.75. The van der Waals surface area contributed by atoms with Crippen LogP contribution in [0.3, 0.4) is 0 Å². The molecular weight excluding hydrogens is 294 g/mol. The molecule has 1 heterocycles. The lowest BCUT2D eigenvalue weighted by Gasteiger charge is -2.29. The van der Waals surface area contributed by atoms with Crippen molar-refractivity contribution in [3.05, 3.63) is 33.8 Å². The van der Waals surface area contributed by atoms with Crippen molar-refractivity contribution in [2.24, 2.45) is 5.92 Å². The van der Waals surface area contributed by atoms with Crippen molar-refractivity contribution in [2.45, 2.75) is 32.6 Å². The molecule has 0 spiro atoms. The maximum absolute atomic E-state index is 11.8. The summed E-state index contributed by atoms with van der Waals surface area (Å²) >= 11 is 3.50. The molecule has 1 aliphatic rings. The Balaban J connectivity index is 2.36. The number of carbonyl (C=O) groups excluding carboxylic acids is 2. The highest BCUT2D eigenvalue weighted by Crippen LogP contribution is 2.35. The lowest BCUT2D eigenvalue weighted by Crippen LogP contribution is -2.44. The molecule has 2 atom stereocenters. The van der Waals surface area contributed by atoms with Crippen LogP contribution in [0.15, 0.2) is 22.7 Å². The van der Waals surface area contributed by atoms with Crippen LogP contribution in [-0.4, -0.2) is 11.8 Å². The van der Waals surface area contributed by atoms with Crippen molar-refractivity contribution in [1.29, 1.82) is 0 Å². The fourth-order valence-corrected chi connectivity index (χ4v) is 2.86. The van der Waals surface area contributed by atoms with Crippen LogP contribution in [0.4, 0.5) is 0 Å². The van der Waals surface area contributed by atoms with Gasteiger partial charge in [0.05, 0.1) is 0 Å². The van der Waals surface area contributed by atoms with Gasteiger partial charge in [-0.05, 0) is 30.5 Å². The summed E-state index contributed by atoms with van der Waals surface area (Å²) < 4.78 is 1.02. The summed E-state index contributed by atoms with van der Waals surface area (Å²) in [4.78, 5) is 23.4. The van der Waals surface area contributed by atoms with Crippen LogP contribution < -0.4 is 5.32 Å². The van der Waals surface area contributed by atoms with Crippen molar-refractivity contribution >= 4 is 27.7 Å².